The Kier molecular flexibility index (Phi) is 6.55. The number of nitrogens with one attached hydrogen (secondary N) is 2. The molecule has 1 unspecified atom stereocenters. The number of hydrogen-bond acceptors (Lipinski definition) is 2. The Balaban J connectivity index is 1.90. The van der Waals surface area contributed by atoms with Gasteiger partial charge in [-0.15, -0.1) is 0 Å². The lowest BCUT2D eigenvalue weighted by atomic mass is 10.0. The zero-order valence-corrected chi connectivity index (χ0v) is 14.2. The third kappa shape index (κ3) is 5.54. The van der Waals surface area contributed by atoms with E-state index >= 15 is 0 Å². The van der Waals surface area contributed by atoms with E-state index in [1.54, 1.807) is 0 Å². The summed E-state index contributed by atoms with van der Waals surface area (Å²) in [5, 5.41) is 5.75. The fraction of sp³-hybridized carbons (Fsp3) is 0.300. The van der Waals surface area contributed by atoms with E-state index < -0.39 is 6.04 Å². The Labute approximate surface area is 143 Å². The summed E-state index contributed by atoms with van der Waals surface area (Å²) >= 11 is 0. The molecule has 0 spiro atoms. The van der Waals surface area contributed by atoms with Crippen LogP contribution in [-0.4, -0.2) is 17.9 Å². The number of hydrogen-bond donors (Lipinski definition) is 2. The molecule has 0 heterocycles. The highest BCUT2D eigenvalue weighted by Crippen LogP contribution is 2.05. The second-order valence-electron chi connectivity index (χ2n) is 6.15. The SMILES string of the molecule is CC(C)C(NC(=O)Cc1ccccc1)C(=O)NCc1ccccc1. The molecular formula is C20H24N2O2. The van der Waals surface area contributed by atoms with Crippen LogP contribution in [0, 0.1) is 5.92 Å². The maximum atomic E-state index is 12.4. The molecule has 2 N–H and O–H groups in total. The van der Waals surface area contributed by atoms with Crippen molar-refractivity contribution in [3.8, 4) is 0 Å². The van der Waals surface area contributed by atoms with Crippen molar-refractivity contribution >= 4 is 11.8 Å². The fourth-order valence-electron chi connectivity index (χ4n) is 2.44. The largest absolute Gasteiger partial charge is 0.350 e. The van der Waals surface area contributed by atoms with E-state index in [-0.39, 0.29) is 24.2 Å². The van der Waals surface area contributed by atoms with Crippen LogP contribution < -0.4 is 10.6 Å². The molecule has 0 fully saturated rings. The van der Waals surface area contributed by atoms with Crippen molar-refractivity contribution in [2.24, 2.45) is 5.92 Å². The van der Waals surface area contributed by atoms with Gasteiger partial charge < -0.3 is 10.6 Å². The summed E-state index contributed by atoms with van der Waals surface area (Å²) in [4.78, 5) is 24.6. The third-order valence-corrected chi connectivity index (χ3v) is 3.78. The summed E-state index contributed by atoms with van der Waals surface area (Å²) in [6, 6.07) is 18.7. The molecule has 0 saturated heterocycles. The third-order valence-electron chi connectivity index (χ3n) is 3.78. The Hall–Kier alpha value is -2.62. The van der Waals surface area contributed by atoms with Gasteiger partial charge in [0.05, 0.1) is 6.42 Å². The van der Waals surface area contributed by atoms with E-state index in [1.165, 1.54) is 0 Å². The van der Waals surface area contributed by atoms with Gasteiger partial charge in [-0.25, -0.2) is 0 Å². The van der Waals surface area contributed by atoms with Gasteiger partial charge in [-0.2, -0.15) is 0 Å². The molecule has 0 radical (unpaired) electrons. The molecule has 0 bridgehead atoms. The van der Waals surface area contributed by atoms with Crippen LogP contribution in [0.1, 0.15) is 25.0 Å². The zero-order chi connectivity index (χ0) is 17.4. The Bertz CT molecular complexity index is 654. The second-order valence-corrected chi connectivity index (χ2v) is 6.15. The molecule has 2 amide bonds. The van der Waals surface area contributed by atoms with Gasteiger partial charge in [-0.05, 0) is 17.0 Å². The van der Waals surface area contributed by atoms with Crippen LogP contribution in [0.3, 0.4) is 0 Å². The highest BCUT2D eigenvalue weighted by Gasteiger charge is 2.23. The van der Waals surface area contributed by atoms with Gasteiger partial charge >= 0.3 is 0 Å². The molecule has 126 valence electrons. The first kappa shape index (κ1) is 17.7. The van der Waals surface area contributed by atoms with Gasteiger partial charge in [0.25, 0.3) is 0 Å². The molecular weight excluding hydrogens is 300 g/mol. The Morgan fingerprint density at radius 2 is 1.42 bits per heavy atom. The van der Waals surface area contributed by atoms with Crippen molar-refractivity contribution < 1.29 is 9.59 Å². The normalized spacial score (nSPS) is 11.8. The summed E-state index contributed by atoms with van der Waals surface area (Å²) in [6.45, 7) is 4.31. The smallest absolute Gasteiger partial charge is 0.243 e. The van der Waals surface area contributed by atoms with E-state index in [0.29, 0.717) is 6.54 Å². The van der Waals surface area contributed by atoms with E-state index in [9.17, 15) is 9.59 Å². The predicted octanol–water partition coefficient (Wildman–Crippen LogP) is 2.69. The van der Waals surface area contributed by atoms with Crippen LogP contribution in [0.2, 0.25) is 0 Å². The Morgan fingerprint density at radius 1 is 0.875 bits per heavy atom. The van der Waals surface area contributed by atoms with E-state index in [0.717, 1.165) is 11.1 Å². The lowest BCUT2D eigenvalue weighted by Gasteiger charge is -2.22. The first-order valence-electron chi connectivity index (χ1n) is 8.21. The van der Waals surface area contributed by atoms with Crippen LogP contribution in [0.5, 0.6) is 0 Å². The maximum absolute atomic E-state index is 12.4. The zero-order valence-electron chi connectivity index (χ0n) is 14.2. The van der Waals surface area contributed by atoms with Crippen molar-refractivity contribution in [2.75, 3.05) is 0 Å². The van der Waals surface area contributed by atoms with Gasteiger partial charge in [-0.1, -0.05) is 74.5 Å². The summed E-state index contributed by atoms with van der Waals surface area (Å²) in [6.07, 6.45) is 0.274. The van der Waals surface area contributed by atoms with Crippen LogP contribution in [0.25, 0.3) is 0 Å². The number of carbonyl (C=O) groups excluding carboxylic acids is 2. The molecule has 1 atom stereocenters. The van der Waals surface area contributed by atoms with Crippen molar-refractivity contribution in [3.63, 3.8) is 0 Å². The molecule has 0 saturated carbocycles. The first-order chi connectivity index (χ1) is 11.6. The number of carbonyl (C=O) groups is 2. The second kappa shape index (κ2) is 8.87. The standard InChI is InChI=1S/C20H24N2O2/c1-15(2)19(20(24)21-14-17-11-7-4-8-12-17)22-18(23)13-16-9-5-3-6-10-16/h3-12,15,19H,13-14H2,1-2H3,(H,21,24)(H,22,23). The number of benzene rings is 2. The summed E-state index contributed by atoms with van der Waals surface area (Å²) < 4.78 is 0. The molecule has 0 aliphatic carbocycles. The minimum atomic E-state index is -0.537. The molecule has 2 rings (SSSR count). The summed E-state index contributed by atoms with van der Waals surface area (Å²) in [5.41, 5.74) is 1.96. The minimum absolute atomic E-state index is 0.0143. The molecule has 0 aliphatic rings. The molecule has 2 aromatic carbocycles. The van der Waals surface area contributed by atoms with E-state index in [1.807, 2.05) is 74.5 Å². The first-order valence-corrected chi connectivity index (χ1v) is 8.21. The summed E-state index contributed by atoms with van der Waals surface area (Å²) in [5.74, 6) is -0.287. The topological polar surface area (TPSA) is 58.2 Å². The van der Waals surface area contributed by atoms with Crippen molar-refractivity contribution in [2.45, 2.75) is 32.9 Å². The number of rotatable bonds is 7. The fourth-order valence-corrected chi connectivity index (χ4v) is 2.44. The van der Waals surface area contributed by atoms with Gasteiger partial charge in [-0.3, -0.25) is 9.59 Å². The monoisotopic (exact) mass is 324 g/mol. The quantitative estimate of drug-likeness (QED) is 0.823. The Morgan fingerprint density at radius 3 is 1.96 bits per heavy atom. The molecule has 4 nitrogen and oxygen atoms in total. The molecule has 24 heavy (non-hydrogen) atoms. The van der Waals surface area contributed by atoms with Gasteiger partial charge in [0.1, 0.15) is 6.04 Å². The molecule has 0 aliphatic heterocycles. The lowest BCUT2D eigenvalue weighted by Crippen LogP contribution is -2.49. The minimum Gasteiger partial charge on any atom is -0.350 e. The summed E-state index contributed by atoms with van der Waals surface area (Å²) in [7, 11) is 0. The average molecular weight is 324 g/mol. The van der Waals surface area contributed by atoms with Crippen molar-refractivity contribution in [3.05, 3.63) is 71.8 Å². The highest BCUT2D eigenvalue weighted by molar-refractivity contribution is 5.88. The van der Waals surface area contributed by atoms with Gasteiger partial charge in [0.2, 0.25) is 11.8 Å². The molecule has 2 aromatic rings. The van der Waals surface area contributed by atoms with Gasteiger partial charge in [0.15, 0.2) is 0 Å². The average Bonchev–Trinajstić information content (AvgIpc) is 2.59. The van der Waals surface area contributed by atoms with Gasteiger partial charge in [0, 0.05) is 6.54 Å². The molecule has 4 heteroatoms. The highest BCUT2D eigenvalue weighted by atomic mass is 16.2. The van der Waals surface area contributed by atoms with Crippen LogP contribution in [0.4, 0.5) is 0 Å². The van der Waals surface area contributed by atoms with Crippen LogP contribution in [-0.2, 0) is 22.6 Å². The van der Waals surface area contributed by atoms with E-state index in [2.05, 4.69) is 10.6 Å². The predicted molar refractivity (Wildman–Crippen MR) is 95.2 cm³/mol. The number of amides is 2. The maximum Gasteiger partial charge on any atom is 0.243 e. The van der Waals surface area contributed by atoms with Crippen molar-refractivity contribution in [1.82, 2.24) is 10.6 Å². The molecule has 0 aromatic heterocycles. The van der Waals surface area contributed by atoms with E-state index in [4.69, 9.17) is 0 Å². The lowest BCUT2D eigenvalue weighted by molar-refractivity contribution is -0.129. The van der Waals surface area contributed by atoms with Crippen LogP contribution in [0.15, 0.2) is 60.7 Å². The van der Waals surface area contributed by atoms with Crippen LogP contribution >= 0.6 is 0 Å². The van der Waals surface area contributed by atoms with Crippen molar-refractivity contribution in [1.29, 1.82) is 0 Å².